The Bertz CT molecular complexity index is 739. The Morgan fingerprint density at radius 1 is 1.33 bits per heavy atom. The second-order valence-corrected chi connectivity index (χ2v) is 6.73. The van der Waals surface area contributed by atoms with Crippen LogP contribution in [0.25, 0.3) is 0 Å². The number of aromatic nitrogens is 2. The molecule has 24 heavy (non-hydrogen) atoms. The minimum absolute atomic E-state index is 0.0270. The van der Waals surface area contributed by atoms with Crippen LogP contribution in [0.15, 0.2) is 28.8 Å². The normalized spacial score (nSPS) is 26.6. The molecule has 4 rings (SSSR count). The summed E-state index contributed by atoms with van der Waals surface area (Å²) in [5, 5.41) is 24.9. The summed E-state index contributed by atoms with van der Waals surface area (Å²) >= 11 is 0. The third-order valence-electron chi connectivity index (χ3n) is 4.82. The number of aliphatic hydroxyl groups excluding tert-OH is 1. The maximum Gasteiger partial charge on any atom is 0.285 e. The number of aromatic carboxylic acids is 1. The van der Waals surface area contributed by atoms with E-state index in [1.165, 1.54) is 0 Å². The van der Waals surface area contributed by atoms with Crippen LogP contribution < -0.4 is 10.0 Å². The second-order valence-electron chi connectivity index (χ2n) is 6.73. The summed E-state index contributed by atoms with van der Waals surface area (Å²) in [5.74, 6) is 0.634. The number of nitrogens with zero attached hydrogens (tertiary/aromatic N) is 2. The van der Waals surface area contributed by atoms with Gasteiger partial charge < -0.3 is 24.4 Å². The minimum Gasteiger partial charge on any atom is -0.545 e. The Kier molecular flexibility index (Phi) is 3.82. The van der Waals surface area contributed by atoms with Gasteiger partial charge in [-0.2, -0.15) is 4.98 Å². The van der Waals surface area contributed by atoms with Crippen molar-refractivity contribution in [1.82, 2.24) is 10.1 Å². The van der Waals surface area contributed by atoms with E-state index in [0.717, 1.165) is 29.1 Å². The van der Waals surface area contributed by atoms with Gasteiger partial charge in [0.2, 0.25) is 0 Å². The van der Waals surface area contributed by atoms with Crippen molar-refractivity contribution in [2.45, 2.75) is 43.9 Å². The molecule has 1 saturated carbocycles. The Morgan fingerprint density at radius 3 is 2.75 bits per heavy atom. The number of carbonyl (C=O) groups excluding carboxylic acids is 1. The van der Waals surface area contributed by atoms with Crippen LogP contribution in [-0.2, 0) is 6.54 Å². The number of carboxylic acids is 1. The number of nitrogens with one attached hydrogen (secondary N) is 1. The lowest BCUT2D eigenvalue weighted by atomic mass is 10.1. The molecular weight excluding hydrogens is 310 g/mol. The molecule has 2 aromatic rings. The van der Waals surface area contributed by atoms with E-state index in [-0.39, 0.29) is 11.6 Å². The second kappa shape index (κ2) is 5.99. The van der Waals surface area contributed by atoms with E-state index in [2.05, 4.69) is 10.1 Å². The molecule has 1 aliphatic carbocycles. The Hall–Kier alpha value is -2.25. The number of carbonyl (C=O) groups is 1. The van der Waals surface area contributed by atoms with E-state index in [1.807, 2.05) is 0 Å². The van der Waals surface area contributed by atoms with Crippen LogP contribution >= 0.6 is 0 Å². The summed E-state index contributed by atoms with van der Waals surface area (Å²) in [7, 11) is 0. The molecule has 126 valence electrons. The van der Waals surface area contributed by atoms with Crippen LogP contribution in [0.1, 0.15) is 58.9 Å². The van der Waals surface area contributed by atoms with Gasteiger partial charge in [0.15, 0.2) is 11.9 Å². The fourth-order valence-electron chi connectivity index (χ4n) is 3.35. The lowest BCUT2D eigenvalue weighted by molar-refractivity contribution is -0.934. The van der Waals surface area contributed by atoms with Crippen LogP contribution in [0.2, 0.25) is 0 Å². The van der Waals surface area contributed by atoms with Crippen molar-refractivity contribution < 1.29 is 24.4 Å². The summed E-state index contributed by atoms with van der Waals surface area (Å²) < 4.78 is 5.44. The fraction of sp³-hybridized carbons (Fsp3) is 0.471. The van der Waals surface area contributed by atoms with Crippen LogP contribution in [-0.4, -0.2) is 33.9 Å². The quantitative estimate of drug-likeness (QED) is 0.744. The summed E-state index contributed by atoms with van der Waals surface area (Å²) in [6.45, 7) is 1.27. The molecule has 1 aromatic carbocycles. The lowest BCUT2D eigenvalue weighted by Gasteiger charge is -2.18. The number of carboxylic acid groups (broad SMARTS) is 1. The average Bonchev–Trinajstić information content (AvgIpc) is 3.18. The van der Waals surface area contributed by atoms with Crippen molar-refractivity contribution in [2.24, 2.45) is 0 Å². The van der Waals surface area contributed by atoms with Crippen molar-refractivity contribution in [1.29, 1.82) is 0 Å². The molecule has 2 heterocycles. The van der Waals surface area contributed by atoms with E-state index < -0.39 is 12.1 Å². The zero-order valence-electron chi connectivity index (χ0n) is 13.1. The van der Waals surface area contributed by atoms with E-state index in [4.69, 9.17) is 4.52 Å². The highest BCUT2D eigenvalue weighted by atomic mass is 16.5. The SMILES string of the molecule is O=C([O-])c1ccc(C[NH+]2C[C@H](O)C[C@H]2c2nc(C3CC3)no2)cc1. The van der Waals surface area contributed by atoms with Gasteiger partial charge in [0.1, 0.15) is 19.2 Å². The van der Waals surface area contributed by atoms with Gasteiger partial charge in [0.25, 0.3) is 5.89 Å². The van der Waals surface area contributed by atoms with Gasteiger partial charge in [-0.3, -0.25) is 0 Å². The van der Waals surface area contributed by atoms with Crippen LogP contribution in [0.3, 0.4) is 0 Å². The molecular formula is C17H19N3O4. The third-order valence-corrected chi connectivity index (χ3v) is 4.82. The molecule has 2 fully saturated rings. The third kappa shape index (κ3) is 3.05. The Morgan fingerprint density at radius 2 is 2.08 bits per heavy atom. The number of aliphatic hydroxyl groups is 1. The van der Waals surface area contributed by atoms with E-state index in [0.29, 0.717) is 31.3 Å². The fourth-order valence-corrected chi connectivity index (χ4v) is 3.35. The van der Waals surface area contributed by atoms with Crippen molar-refractivity contribution in [2.75, 3.05) is 6.54 Å². The molecule has 0 bridgehead atoms. The standard InChI is InChI=1S/C17H19N3O4/c21-13-7-14(16-18-15(19-24-16)11-5-6-11)20(9-13)8-10-1-3-12(4-2-10)17(22)23/h1-4,11,13-14,21H,5-9H2,(H,22,23)/t13-,14+/m1/s1. The largest absolute Gasteiger partial charge is 0.545 e. The molecule has 0 spiro atoms. The van der Waals surface area contributed by atoms with Crippen molar-refractivity contribution in [3.8, 4) is 0 Å². The first-order chi connectivity index (χ1) is 11.6. The monoisotopic (exact) mass is 329 g/mol. The number of benzene rings is 1. The first-order valence-electron chi connectivity index (χ1n) is 8.26. The molecule has 0 radical (unpaired) electrons. The van der Waals surface area contributed by atoms with Gasteiger partial charge in [-0.25, -0.2) is 0 Å². The van der Waals surface area contributed by atoms with E-state index in [9.17, 15) is 15.0 Å². The van der Waals surface area contributed by atoms with Crippen LogP contribution in [0, 0.1) is 0 Å². The topological polar surface area (TPSA) is 104 Å². The molecule has 7 nitrogen and oxygen atoms in total. The predicted octanol–water partition coefficient (Wildman–Crippen LogP) is -0.799. The zero-order chi connectivity index (χ0) is 16.7. The van der Waals surface area contributed by atoms with Crippen molar-refractivity contribution in [3.63, 3.8) is 0 Å². The molecule has 1 aromatic heterocycles. The number of likely N-dealkylation sites (tertiary alicyclic amines) is 1. The van der Waals surface area contributed by atoms with Gasteiger partial charge in [-0.15, -0.1) is 0 Å². The summed E-state index contributed by atoms with van der Waals surface area (Å²) in [6.07, 6.45) is 2.43. The number of quaternary nitrogens is 1. The highest BCUT2D eigenvalue weighted by Gasteiger charge is 2.41. The molecule has 2 N–H and O–H groups in total. The highest BCUT2D eigenvalue weighted by molar-refractivity contribution is 5.85. The Balaban J connectivity index is 1.50. The highest BCUT2D eigenvalue weighted by Crippen LogP contribution is 2.38. The van der Waals surface area contributed by atoms with Crippen LogP contribution in [0.5, 0.6) is 0 Å². The number of rotatable bonds is 5. The maximum atomic E-state index is 10.8. The van der Waals surface area contributed by atoms with Gasteiger partial charge in [0.05, 0.1) is 5.97 Å². The summed E-state index contributed by atoms with van der Waals surface area (Å²) in [4.78, 5) is 16.5. The van der Waals surface area contributed by atoms with Crippen molar-refractivity contribution >= 4 is 5.97 Å². The molecule has 1 unspecified atom stereocenters. The molecule has 1 aliphatic heterocycles. The van der Waals surface area contributed by atoms with E-state index >= 15 is 0 Å². The molecule has 1 saturated heterocycles. The summed E-state index contributed by atoms with van der Waals surface area (Å²) in [6, 6.07) is 6.63. The van der Waals surface area contributed by atoms with Gasteiger partial charge in [-0.1, -0.05) is 29.4 Å². The predicted molar refractivity (Wildman–Crippen MR) is 79.9 cm³/mol. The smallest absolute Gasteiger partial charge is 0.285 e. The minimum atomic E-state index is -1.18. The lowest BCUT2D eigenvalue weighted by Crippen LogP contribution is -3.09. The first-order valence-corrected chi connectivity index (χ1v) is 8.26. The Labute approximate surface area is 138 Å². The molecule has 0 amide bonds. The molecule has 7 heteroatoms. The van der Waals surface area contributed by atoms with Gasteiger partial charge in [-0.05, 0) is 18.4 Å². The molecule has 2 aliphatic rings. The van der Waals surface area contributed by atoms with Crippen LogP contribution in [0.4, 0.5) is 0 Å². The van der Waals surface area contributed by atoms with Gasteiger partial charge in [0, 0.05) is 17.9 Å². The molecule has 3 atom stereocenters. The van der Waals surface area contributed by atoms with Crippen molar-refractivity contribution in [3.05, 3.63) is 47.1 Å². The van der Waals surface area contributed by atoms with E-state index in [1.54, 1.807) is 24.3 Å². The maximum absolute atomic E-state index is 10.8. The van der Waals surface area contributed by atoms with Gasteiger partial charge >= 0.3 is 0 Å². The average molecular weight is 329 g/mol. The number of hydrogen-bond donors (Lipinski definition) is 2. The number of hydrogen-bond acceptors (Lipinski definition) is 6. The summed E-state index contributed by atoms with van der Waals surface area (Å²) in [5.41, 5.74) is 1.16. The first kappa shape index (κ1) is 15.3. The zero-order valence-corrected chi connectivity index (χ0v) is 13.1.